The average Bonchev–Trinajstić information content (AvgIpc) is 2.89. The van der Waals surface area contributed by atoms with Crippen molar-refractivity contribution in [3.8, 4) is 0 Å². The molecule has 1 aliphatic carbocycles. The van der Waals surface area contributed by atoms with Gasteiger partial charge in [0.25, 0.3) is 5.91 Å². The van der Waals surface area contributed by atoms with Crippen LogP contribution in [0.25, 0.3) is 10.2 Å². The summed E-state index contributed by atoms with van der Waals surface area (Å²) in [5, 5.41) is 12.6. The highest BCUT2D eigenvalue weighted by atomic mass is 32.1. The molecule has 26 heavy (non-hydrogen) atoms. The van der Waals surface area contributed by atoms with Crippen molar-refractivity contribution in [3.63, 3.8) is 0 Å². The maximum atomic E-state index is 13.1. The van der Waals surface area contributed by atoms with Crippen LogP contribution in [0.4, 0.5) is 5.69 Å². The zero-order chi connectivity index (χ0) is 19.0. The van der Waals surface area contributed by atoms with Gasteiger partial charge in [0.05, 0.1) is 11.4 Å². The second kappa shape index (κ2) is 7.51. The molecule has 1 fully saturated rings. The third-order valence-corrected chi connectivity index (χ3v) is 7.19. The van der Waals surface area contributed by atoms with E-state index < -0.39 is 0 Å². The zero-order valence-electron chi connectivity index (χ0n) is 16.4. The van der Waals surface area contributed by atoms with Gasteiger partial charge in [0, 0.05) is 11.4 Å². The van der Waals surface area contributed by atoms with Crippen LogP contribution < -0.4 is 11.1 Å². The maximum Gasteiger partial charge on any atom is 0.263 e. The summed E-state index contributed by atoms with van der Waals surface area (Å²) in [4.78, 5) is 14.4. The van der Waals surface area contributed by atoms with Gasteiger partial charge in [0.2, 0.25) is 0 Å². The highest BCUT2D eigenvalue weighted by Gasteiger charge is 2.32. The molecule has 1 amide bonds. The molecule has 2 aromatic heterocycles. The number of amides is 1. The Kier molecular flexibility index (Phi) is 5.51. The van der Waals surface area contributed by atoms with Gasteiger partial charge in [0.1, 0.15) is 9.71 Å². The summed E-state index contributed by atoms with van der Waals surface area (Å²) in [6.07, 6.45) is 4.67. The number of aromatic nitrogens is 2. The zero-order valence-corrected chi connectivity index (χ0v) is 17.2. The maximum absolute atomic E-state index is 13.1. The summed E-state index contributed by atoms with van der Waals surface area (Å²) in [5.41, 5.74) is 8.75. The van der Waals surface area contributed by atoms with Crippen LogP contribution in [0, 0.1) is 31.6 Å². The fourth-order valence-corrected chi connectivity index (χ4v) is 5.28. The Balaban J connectivity index is 1.90. The van der Waals surface area contributed by atoms with E-state index in [2.05, 4.69) is 36.3 Å². The lowest BCUT2D eigenvalue weighted by Crippen LogP contribution is -2.43. The Labute approximate surface area is 159 Å². The average molecular weight is 375 g/mol. The lowest BCUT2D eigenvalue weighted by Gasteiger charge is -2.30. The van der Waals surface area contributed by atoms with Gasteiger partial charge in [0.15, 0.2) is 0 Å². The molecule has 2 heterocycles. The summed E-state index contributed by atoms with van der Waals surface area (Å²) in [5.74, 6) is 1.66. The lowest BCUT2D eigenvalue weighted by molar-refractivity contribution is 0.0903. The van der Waals surface area contributed by atoms with Gasteiger partial charge in [-0.05, 0) is 50.0 Å². The quantitative estimate of drug-likeness (QED) is 0.777. The van der Waals surface area contributed by atoms with Crippen LogP contribution in [0.1, 0.15) is 67.4 Å². The van der Waals surface area contributed by atoms with Gasteiger partial charge in [-0.25, -0.2) is 0 Å². The molecule has 3 rings (SSSR count). The molecule has 5 nitrogen and oxygen atoms in total. The van der Waals surface area contributed by atoms with E-state index in [9.17, 15) is 4.79 Å². The van der Waals surface area contributed by atoms with E-state index in [1.54, 1.807) is 0 Å². The minimum absolute atomic E-state index is 0.0626. The Morgan fingerprint density at radius 1 is 1.27 bits per heavy atom. The molecule has 0 aromatic carbocycles. The fourth-order valence-electron chi connectivity index (χ4n) is 4.28. The summed E-state index contributed by atoms with van der Waals surface area (Å²) < 4.78 is 0. The molecule has 1 aliphatic rings. The minimum atomic E-state index is -0.0626. The van der Waals surface area contributed by atoms with E-state index in [1.807, 2.05) is 13.8 Å². The van der Waals surface area contributed by atoms with Crippen molar-refractivity contribution < 1.29 is 4.79 Å². The molecule has 3 N–H and O–H groups in total. The number of nitrogen functional groups attached to an aromatic ring is 1. The van der Waals surface area contributed by atoms with E-state index in [1.165, 1.54) is 24.2 Å². The Hall–Kier alpha value is -1.69. The number of nitrogens with two attached hydrogens (primary N) is 1. The number of nitrogens with zero attached hydrogens (tertiary/aromatic N) is 2. The Morgan fingerprint density at radius 2 is 2.00 bits per heavy atom. The number of nitrogens with one attached hydrogen (secondary N) is 1. The molecule has 4 atom stereocenters. The van der Waals surface area contributed by atoms with E-state index in [4.69, 9.17) is 5.73 Å². The predicted octanol–water partition coefficient (Wildman–Crippen LogP) is 4.47. The minimum Gasteiger partial charge on any atom is -0.397 e. The van der Waals surface area contributed by atoms with Gasteiger partial charge in [-0.3, -0.25) is 4.79 Å². The predicted molar refractivity (Wildman–Crippen MR) is 109 cm³/mol. The van der Waals surface area contributed by atoms with Crippen LogP contribution in [0.5, 0.6) is 0 Å². The van der Waals surface area contributed by atoms with Crippen molar-refractivity contribution in [1.29, 1.82) is 0 Å². The van der Waals surface area contributed by atoms with E-state index in [0.29, 0.717) is 22.4 Å². The largest absolute Gasteiger partial charge is 0.397 e. The van der Waals surface area contributed by atoms with E-state index >= 15 is 0 Å². The van der Waals surface area contributed by atoms with Crippen LogP contribution in [0.3, 0.4) is 0 Å². The summed E-state index contributed by atoms with van der Waals surface area (Å²) >= 11 is 1.35. The summed E-state index contributed by atoms with van der Waals surface area (Å²) in [6, 6.07) is 0.205. The molecule has 0 aliphatic heterocycles. The van der Waals surface area contributed by atoms with Crippen LogP contribution in [0.15, 0.2) is 0 Å². The SMILES string of the molecule is CCC1CC(C)CCC(C)C1NC(=O)c1sc2nnc(C)c(C)c2c1N. The number of hydrogen-bond acceptors (Lipinski definition) is 5. The number of hydrogen-bond donors (Lipinski definition) is 2. The van der Waals surface area contributed by atoms with Gasteiger partial charge in [-0.2, -0.15) is 5.10 Å². The first-order valence-electron chi connectivity index (χ1n) is 9.66. The number of carbonyl (C=O) groups is 1. The molecule has 1 saturated carbocycles. The number of carbonyl (C=O) groups excluding carboxylic acids is 1. The molecule has 0 saturated heterocycles. The second-order valence-electron chi connectivity index (χ2n) is 8.00. The number of fused-ring (bicyclic) bond motifs is 1. The number of aryl methyl sites for hydroxylation is 2. The first-order chi connectivity index (χ1) is 12.3. The molecule has 0 radical (unpaired) electrons. The third-order valence-electron chi connectivity index (χ3n) is 6.10. The van der Waals surface area contributed by atoms with Crippen molar-refractivity contribution in [2.24, 2.45) is 17.8 Å². The number of thiophene rings is 1. The molecular formula is C20H30N4OS. The first-order valence-corrected chi connectivity index (χ1v) is 10.5. The van der Waals surface area contributed by atoms with Crippen LogP contribution in [-0.4, -0.2) is 22.1 Å². The van der Waals surface area contributed by atoms with Crippen molar-refractivity contribution in [3.05, 3.63) is 16.1 Å². The molecule has 6 heteroatoms. The van der Waals surface area contributed by atoms with Gasteiger partial charge >= 0.3 is 0 Å². The van der Waals surface area contributed by atoms with Crippen LogP contribution in [-0.2, 0) is 0 Å². The van der Waals surface area contributed by atoms with Crippen molar-refractivity contribution >= 4 is 33.1 Å². The number of anilines is 1. The highest BCUT2D eigenvalue weighted by Crippen LogP contribution is 2.36. The monoisotopic (exact) mass is 374 g/mol. The summed E-state index contributed by atoms with van der Waals surface area (Å²) in [6.45, 7) is 10.7. The van der Waals surface area contributed by atoms with Gasteiger partial charge in [-0.1, -0.05) is 33.6 Å². The molecular weight excluding hydrogens is 344 g/mol. The fraction of sp³-hybridized carbons (Fsp3) is 0.650. The molecule has 4 unspecified atom stereocenters. The topological polar surface area (TPSA) is 80.9 Å². The number of rotatable bonds is 3. The van der Waals surface area contributed by atoms with Crippen molar-refractivity contribution in [1.82, 2.24) is 15.5 Å². The standard InChI is InChI=1S/C20H30N4OS/c1-6-14-9-10(2)7-8-11(3)17(14)22-19(25)18-16(21)15-12(4)13(5)23-24-20(15)26-18/h10-11,14,17H,6-9,21H2,1-5H3,(H,22,25). The first kappa shape index (κ1) is 19.1. The van der Waals surface area contributed by atoms with Crippen molar-refractivity contribution in [2.45, 2.75) is 66.3 Å². The summed E-state index contributed by atoms with van der Waals surface area (Å²) in [7, 11) is 0. The molecule has 2 aromatic rings. The highest BCUT2D eigenvalue weighted by molar-refractivity contribution is 7.21. The van der Waals surface area contributed by atoms with E-state index in [0.717, 1.165) is 40.2 Å². The normalized spacial score (nSPS) is 26.7. The second-order valence-corrected chi connectivity index (χ2v) is 9.00. The van der Waals surface area contributed by atoms with Crippen LogP contribution in [0.2, 0.25) is 0 Å². The molecule has 142 valence electrons. The smallest absolute Gasteiger partial charge is 0.263 e. The molecule has 0 spiro atoms. The molecule has 0 bridgehead atoms. The Bertz CT molecular complexity index is 816. The van der Waals surface area contributed by atoms with Crippen LogP contribution >= 0.6 is 11.3 Å². The Morgan fingerprint density at radius 3 is 2.69 bits per heavy atom. The van der Waals surface area contributed by atoms with Crippen molar-refractivity contribution in [2.75, 3.05) is 5.73 Å². The van der Waals surface area contributed by atoms with Gasteiger partial charge < -0.3 is 11.1 Å². The van der Waals surface area contributed by atoms with Gasteiger partial charge in [-0.15, -0.1) is 16.4 Å². The van der Waals surface area contributed by atoms with E-state index in [-0.39, 0.29) is 11.9 Å². The third kappa shape index (κ3) is 3.43. The lowest BCUT2D eigenvalue weighted by atomic mass is 9.85.